The van der Waals surface area contributed by atoms with Crippen LogP contribution in [0.1, 0.15) is 87.8 Å². The van der Waals surface area contributed by atoms with Gasteiger partial charge in [-0.2, -0.15) is 0 Å². The molecule has 3 aromatic rings. The minimum absolute atomic E-state index is 0.00783. The lowest BCUT2D eigenvalue weighted by atomic mass is 9.78. The minimum Gasteiger partial charge on any atom is -0.507 e. The highest BCUT2D eigenvalue weighted by molar-refractivity contribution is 5.79. The molecule has 2 unspecified atom stereocenters. The monoisotopic (exact) mass is 531 g/mol. The molecule has 0 bridgehead atoms. The Bertz CT molecular complexity index is 1290. The first-order valence-electron chi connectivity index (χ1n) is 13.6. The third-order valence-corrected chi connectivity index (χ3v) is 7.55. The van der Waals surface area contributed by atoms with E-state index in [4.69, 9.17) is 4.74 Å². The van der Waals surface area contributed by atoms with Gasteiger partial charge < -0.3 is 25.4 Å². The number of fused-ring (bicyclic) bond motifs is 3. The number of carbonyl (C=O) groups is 1. The van der Waals surface area contributed by atoms with E-state index >= 15 is 0 Å². The Labute approximate surface area is 231 Å². The van der Waals surface area contributed by atoms with Crippen molar-refractivity contribution in [3.63, 3.8) is 0 Å². The molecular formula is C33H41NO5. The predicted molar refractivity (Wildman–Crippen MR) is 154 cm³/mol. The summed E-state index contributed by atoms with van der Waals surface area (Å²) in [5, 5.41) is 35.4. The van der Waals surface area contributed by atoms with E-state index in [9.17, 15) is 20.1 Å². The van der Waals surface area contributed by atoms with Gasteiger partial charge >= 0.3 is 6.09 Å². The van der Waals surface area contributed by atoms with Gasteiger partial charge in [0.2, 0.25) is 0 Å². The quantitative estimate of drug-likeness (QED) is 0.286. The van der Waals surface area contributed by atoms with Crippen LogP contribution in [-0.2, 0) is 15.6 Å². The summed E-state index contributed by atoms with van der Waals surface area (Å²) in [6.45, 7) is 12.5. The SMILES string of the molecule is CC(C)(C)c1cc(C(O)C(O)CCNC(=O)OCC2c3ccccc3-c3ccccc32)c(O)c(C(C)(C)C)c1. The van der Waals surface area contributed by atoms with Gasteiger partial charge in [-0.15, -0.1) is 0 Å². The van der Waals surface area contributed by atoms with E-state index in [1.54, 1.807) is 6.07 Å². The van der Waals surface area contributed by atoms with Crippen molar-refractivity contribution in [1.29, 1.82) is 0 Å². The molecule has 6 nitrogen and oxygen atoms in total. The third kappa shape index (κ3) is 6.13. The number of phenolic OH excluding ortho intramolecular Hbond substituents is 1. The van der Waals surface area contributed by atoms with Crippen LogP contribution in [0.4, 0.5) is 4.79 Å². The molecule has 39 heavy (non-hydrogen) atoms. The van der Waals surface area contributed by atoms with Crippen molar-refractivity contribution in [2.45, 2.75) is 76.9 Å². The van der Waals surface area contributed by atoms with E-state index in [-0.39, 0.29) is 42.1 Å². The molecule has 0 heterocycles. The largest absolute Gasteiger partial charge is 0.507 e. The fourth-order valence-electron chi connectivity index (χ4n) is 5.22. The van der Waals surface area contributed by atoms with Crippen LogP contribution in [0.25, 0.3) is 11.1 Å². The molecule has 208 valence electrons. The van der Waals surface area contributed by atoms with Crippen LogP contribution >= 0.6 is 0 Å². The number of hydrogen-bond donors (Lipinski definition) is 4. The number of phenols is 1. The number of aliphatic hydroxyl groups excluding tert-OH is 2. The van der Waals surface area contributed by atoms with E-state index in [0.717, 1.165) is 27.8 Å². The van der Waals surface area contributed by atoms with Crippen LogP contribution in [0.3, 0.4) is 0 Å². The minimum atomic E-state index is -1.31. The van der Waals surface area contributed by atoms with E-state index < -0.39 is 18.3 Å². The van der Waals surface area contributed by atoms with E-state index in [1.807, 2.05) is 51.1 Å². The molecule has 6 heteroatoms. The number of benzene rings is 3. The van der Waals surface area contributed by atoms with E-state index in [2.05, 4.69) is 50.4 Å². The van der Waals surface area contributed by atoms with Gasteiger partial charge in [0.15, 0.2) is 0 Å². The van der Waals surface area contributed by atoms with Gasteiger partial charge in [-0.3, -0.25) is 0 Å². The lowest BCUT2D eigenvalue weighted by Crippen LogP contribution is -2.31. The van der Waals surface area contributed by atoms with Gasteiger partial charge in [-0.25, -0.2) is 4.79 Å². The smallest absolute Gasteiger partial charge is 0.407 e. The molecular weight excluding hydrogens is 490 g/mol. The second kappa shape index (κ2) is 11.0. The average molecular weight is 532 g/mol. The molecule has 0 radical (unpaired) electrons. The first-order chi connectivity index (χ1) is 18.3. The topological polar surface area (TPSA) is 99.0 Å². The zero-order chi connectivity index (χ0) is 28.5. The number of aromatic hydroxyl groups is 1. The van der Waals surface area contributed by atoms with Crippen molar-refractivity contribution in [3.8, 4) is 16.9 Å². The second-order valence-electron chi connectivity index (χ2n) is 12.5. The molecule has 4 rings (SSSR count). The summed E-state index contributed by atoms with van der Waals surface area (Å²) in [4.78, 5) is 12.5. The Hall–Kier alpha value is -3.35. The van der Waals surface area contributed by atoms with Crippen molar-refractivity contribution in [2.24, 2.45) is 0 Å². The lowest BCUT2D eigenvalue weighted by molar-refractivity contribution is 0.0122. The molecule has 0 aliphatic heterocycles. The number of aliphatic hydroxyl groups is 2. The van der Waals surface area contributed by atoms with Crippen LogP contribution in [0.15, 0.2) is 60.7 Å². The molecule has 0 saturated heterocycles. The van der Waals surface area contributed by atoms with Crippen molar-refractivity contribution < 1.29 is 24.9 Å². The Morgan fingerprint density at radius 3 is 2.00 bits per heavy atom. The van der Waals surface area contributed by atoms with Crippen LogP contribution in [0.5, 0.6) is 5.75 Å². The number of amides is 1. The van der Waals surface area contributed by atoms with Crippen molar-refractivity contribution in [1.82, 2.24) is 5.32 Å². The molecule has 3 aromatic carbocycles. The predicted octanol–water partition coefficient (Wildman–Crippen LogP) is 6.31. The first kappa shape index (κ1) is 28.7. The van der Waals surface area contributed by atoms with Crippen molar-refractivity contribution >= 4 is 6.09 Å². The molecule has 2 atom stereocenters. The fraction of sp³-hybridized carbons (Fsp3) is 0.424. The summed E-state index contributed by atoms with van der Waals surface area (Å²) in [6, 6.07) is 20.0. The first-order valence-corrected chi connectivity index (χ1v) is 13.6. The molecule has 1 aliphatic rings. The fourth-order valence-corrected chi connectivity index (χ4v) is 5.22. The highest BCUT2D eigenvalue weighted by Gasteiger charge is 2.31. The van der Waals surface area contributed by atoms with E-state index in [0.29, 0.717) is 11.1 Å². The number of hydrogen-bond acceptors (Lipinski definition) is 5. The second-order valence-corrected chi connectivity index (χ2v) is 12.5. The average Bonchev–Trinajstić information content (AvgIpc) is 3.19. The highest BCUT2D eigenvalue weighted by atomic mass is 16.5. The van der Waals surface area contributed by atoms with Gasteiger partial charge in [-0.1, -0.05) is 96.1 Å². The maximum Gasteiger partial charge on any atom is 0.407 e. The summed E-state index contributed by atoms with van der Waals surface area (Å²) in [6.07, 6.45) is -2.98. The summed E-state index contributed by atoms with van der Waals surface area (Å²) in [5.41, 5.74) is 6.00. The Morgan fingerprint density at radius 1 is 0.897 bits per heavy atom. The van der Waals surface area contributed by atoms with Gasteiger partial charge in [0.05, 0.1) is 6.10 Å². The Morgan fingerprint density at radius 2 is 1.46 bits per heavy atom. The summed E-state index contributed by atoms with van der Waals surface area (Å²) in [5.74, 6) is -0.0443. The maximum atomic E-state index is 12.5. The van der Waals surface area contributed by atoms with Crippen LogP contribution in [0, 0.1) is 0 Å². The standard InChI is InChI=1S/C33H41NO5/c1-32(2,3)20-17-25(29(36)27(18-20)33(4,5)6)30(37)28(35)15-16-34-31(38)39-19-26-23-13-9-7-11-21(23)22-12-8-10-14-24(22)26/h7-14,17-18,26,28,30,35-37H,15-16,19H2,1-6H3,(H,34,38). The Kier molecular flexibility index (Phi) is 8.10. The number of nitrogens with one attached hydrogen (secondary N) is 1. The molecule has 1 aliphatic carbocycles. The molecule has 0 fully saturated rings. The van der Waals surface area contributed by atoms with Gasteiger partial charge in [-0.05, 0) is 56.7 Å². The molecule has 0 saturated carbocycles. The van der Waals surface area contributed by atoms with Crippen LogP contribution in [0.2, 0.25) is 0 Å². The van der Waals surface area contributed by atoms with E-state index in [1.165, 1.54) is 0 Å². The number of rotatable bonds is 7. The summed E-state index contributed by atoms with van der Waals surface area (Å²) in [7, 11) is 0. The molecule has 4 N–H and O–H groups in total. The van der Waals surface area contributed by atoms with Crippen LogP contribution in [-0.4, -0.2) is 40.7 Å². The normalized spacial score (nSPS) is 14.9. The van der Waals surface area contributed by atoms with Crippen molar-refractivity contribution in [2.75, 3.05) is 13.2 Å². The summed E-state index contributed by atoms with van der Waals surface area (Å²) >= 11 is 0. The van der Waals surface area contributed by atoms with Gasteiger partial charge in [0.1, 0.15) is 18.5 Å². The van der Waals surface area contributed by atoms with Gasteiger partial charge in [0.25, 0.3) is 0 Å². The lowest BCUT2D eigenvalue weighted by Gasteiger charge is -2.29. The number of alkyl carbamates (subject to hydrolysis) is 1. The highest BCUT2D eigenvalue weighted by Crippen LogP contribution is 2.44. The van der Waals surface area contributed by atoms with Crippen molar-refractivity contribution in [3.05, 3.63) is 88.5 Å². The Balaban J connectivity index is 1.37. The van der Waals surface area contributed by atoms with Crippen LogP contribution < -0.4 is 5.32 Å². The summed E-state index contributed by atoms with van der Waals surface area (Å²) < 4.78 is 5.56. The molecule has 0 spiro atoms. The molecule has 0 aromatic heterocycles. The molecule has 1 amide bonds. The number of carbonyl (C=O) groups excluding carboxylic acids is 1. The third-order valence-electron chi connectivity index (χ3n) is 7.55. The number of ether oxygens (including phenoxy) is 1. The zero-order valence-electron chi connectivity index (χ0n) is 23.8. The van der Waals surface area contributed by atoms with Gasteiger partial charge in [0, 0.05) is 18.0 Å². The maximum absolute atomic E-state index is 12.5. The zero-order valence-corrected chi connectivity index (χ0v) is 23.8.